The normalized spacial score (nSPS) is 16.4. The molecule has 0 atom stereocenters. The van der Waals surface area contributed by atoms with Crippen molar-refractivity contribution < 1.29 is 4.79 Å². The number of likely N-dealkylation sites (tertiary alicyclic amines) is 1. The van der Waals surface area contributed by atoms with Gasteiger partial charge < -0.3 is 5.32 Å². The zero-order valence-corrected chi connectivity index (χ0v) is 15.4. The van der Waals surface area contributed by atoms with Gasteiger partial charge in [0.05, 0.1) is 5.56 Å². The predicted molar refractivity (Wildman–Crippen MR) is 98.8 cm³/mol. The van der Waals surface area contributed by atoms with E-state index in [2.05, 4.69) is 43.0 Å². The smallest absolute Gasteiger partial charge is 0.252 e. The van der Waals surface area contributed by atoms with Crippen molar-refractivity contribution in [2.45, 2.75) is 19.4 Å². The van der Waals surface area contributed by atoms with Crippen LogP contribution in [0.4, 0.5) is 0 Å². The molecule has 1 N–H and O–H groups in total. The molecule has 2 aromatic rings. The number of thiophene rings is 1. The molecule has 1 aliphatic rings. The average Bonchev–Trinajstić information content (AvgIpc) is 3.07. The van der Waals surface area contributed by atoms with Crippen molar-refractivity contribution in [2.24, 2.45) is 5.92 Å². The Balaban J connectivity index is 1.42. The van der Waals surface area contributed by atoms with Crippen molar-refractivity contribution in [2.75, 3.05) is 19.6 Å². The molecule has 0 spiro atoms. The molecular formula is C18H21BrN2OS. The molecule has 23 heavy (non-hydrogen) atoms. The highest BCUT2D eigenvalue weighted by Gasteiger charge is 2.20. The van der Waals surface area contributed by atoms with Gasteiger partial charge in [0.15, 0.2) is 0 Å². The Kier molecular flexibility index (Phi) is 5.86. The van der Waals surface area contributed by atoms with Gasteiger partial charge in [-0.3, -0.25) is 9.69 Å². The Morgan fingerprint density at radius 3 is 2.74 bits per heavy atom. The Labute approximate surface area is 149 Å². The van der Waals surface area contributed by atoms with Gasteiger partial charge in [-0.1, -0.05) is 12.1 Å². The first kappa shape index (κ1) is 16.7. The van der Waals surface area contributed by atoms with E-state index in [1.54, 1.807) is 11.3 Å². The summed E-state index contributed by atoms with van der Waals surface area (Å²) in [4.78, 5) is 14.7. The molecular weight excluding hydrogens is 372 g/mol. The minimum atomic E-state index is 0.0122. The van der Waals surface area contributed by atoms with Crippen molar-refractivity contribution >= 4 is 33.2 Å². The molecule has 0 aliphatic carbocycles. The number of amides is 1. The topological polar surface area (TPSA) is 32.3 Å². The third-order valence-corrected chi connectivity index (χ3v) is 5.79. The summed E-state index contributed by atoms with van der Waals surface area (Å²) in [7, 11) is 0. The highest BCUT2D eigenvalue weighted by atomic mass is 79.9. The molecule has 3 nitrogen and oxygen atoms in total. The van der Waals surface area contributed by atoms with E-state index >= 15 is 0 Å². The first-order valence-corrected chi connectivity index (χ1v) is 9.72. The maximum atomic E-state index is 12.2. The van der Waals surface area contributed by atoms with Crippen molar-refractivity contribution in [3.63, 3.8) is 0 Å². The fourth-order valence-electron chi connectivity index (χ4n) is 2.97. The molecule has 1 aromatic carbocycles. The van der Waals surface area contributed by atoms with Gasteiger partial charge in [-0.15, -0.1) is 0 Å². The summed E-state index contributed by atoms with van der Waals surface area (Å²) >= 11 is 5.19. The van der Waals surface area contributed by atoms with Crippen LogP contribution in [-0.2, 0) is 6.54 Å². The van der Waals surface area contributed by atoms with E-state index in [4.69, 9.17) is 0 Å². The maximum Gasteiger partial charge on any atom is 0.252 e. The maximum absolute atomic E-state index is 12.2. The number of carbonyl (C=O) groups excluding carboxylic acids is 1. The van der Waals surface area contributed by atoms with Gasteiger partial charge in [0.25, 0.3) is 5.91 Å². The molecule has 1 aromatic heterocycles. The van der Waals surface area contributed by atoms with Crippen molar-refractivity contribution in [3.05, 3.63) is 56.7 Å². The zero-order valence-electron chi connectivity index (χ0n) is 13.0. The van der Waals surface area contributed by atoms with Gasteiger partial charge in [0.1, 0.15) is 0 Å². The number of benzene rings is 1. The van der Waals surface area contributed by atoms with E-state index in [0.29, 0.717) is 11.5 Å². The predicted octanol–water partition coefficient (Wildman–Crippen LogP) is 4.15. The van der Waals surface area contributed by atoms with Gasteiger partial charge in [-0.05, 0) is 82.3 Å². The number of halogens is 1. The van der Waals surface area contributed by atoms with E-state index in [0.717, 1.165) is 43.5 Å². The number of rotatable bonds is 5. The molecule has 0 saturated carbocycles. The lowest BCUT2D eigenvalue weighted by Crippen LogP contribution is -2.38. The Hall–Kier alpha value is -1.17. The minimum Gasteiger partial charge on any atom is -0.352 e. The first-order valence-electron chi connectivity index (χ1n) is 7.98. The monoisotopic (exact) mass is 392 g/mol. The molecule has 0 bridgehead atoms. The zero-order chi connectivity index (χ0) is 16.1. The van der Waals surface area contributed by atoms with Crippen LogP contribution in [-0.4, -0.2) is 30.4 Å². The molecule has 3 rings (SSSR count). The van der Waals surface area contributed by atoms with Crippen molar-refractivity contribution in [1.29, 1.82) is 0 Å². The molecule has 122 valence electrons. The summed E-state index contributed by atoms with van der Waals surface area (Å²) in [6.45, 7) is 4.06. The van der Waals surface area contributed by atoms with Crippen LogP contribution in [0, 0.1) is 5.92 Å². The van der Waals surface area contributed by atoms with Crippen molar-refractivity contribution in [1.82, 2.24) is 10.2 Å². The van der Waals surface area contributed by atoms with Gasteiger partial charge in [-0.25, -0.2) is 0 Å². The SMILES string of the molecule is O=C(NCC1CCN(Cc2ccsc2)CC1)c1ccccc1Br. The number of hydrogen-bond acceptors (Lipinski definition) is 3. The lowest BCUT2D eigenvalue weighted by molar-refractivity contribution is 0.0934. The number of nitrogens with one attached hydrogen (secondary N) is 1. The van der Waals surface area contributed by atoms with Crippen LogP contribution in [0.5, 0.6) is 0 Å². The van der Waals surface area contributed by atoms with Gasteiger partial charge in [-0.2, -0.15) is 11.3 Å². The van der Waals surface area contributed by atoms with Gasteiger partial charge >= 0.3 is 0 Å². The lowest BCUT2D eigenvalue weighted by Gasteiger charge is -2.31. The lowest BCUT2D eigenvalue weighted by atomic mass is 9.96. The minimum absolute atomic E-state index is 0.0122. The van der Waals surface area contributed by atoms with Crippen LogP contribution in [0.3, 0.4) is 0 Å². The fourth-order valence-corrected chi connectivity index (χ4v) is 4.09. The molecule has 0 radical (unpaired) electrons. The van der Waals surface area contributed by atoms with Crippen LogP contribution < -0.4 is 5.32 Å². The van der Waals surface area contributed by atoms with Crippen LogP contribution in [0.2, 0.25) is 0 Å². The highest BCUT2D eigenvalue weighted by molar-refractivity contribution is 9.10. The number of piperidine rings is 1. The van der Waals surface area contributed by atoms with Crippen LogP contribution >= 0.6 is 27.3 Å². The summed E-state index contributed by atoms with van der Waals surface area (Å²) in [6, 6.07) is 9.77. The number of carbonyl (C=O) groups is 1. The molecule has 1 saturated heterocycles. The standard InChI is InChI=1S/C18H21BrN2OS/c19-17-4-2-1-3-16(17)18(22)20-11-14-5-8-21(9-6-14)12-15-7-10-23-13-15/h1-4,7,10,13-14H,5-6,8-9,11-12H2,(H,20,22). The molecule has 1 fully saturated rings. The van der Waals surface area contributed by atoms with Crippen LogP contribution in [0.1, 0.15) is 28.8 Å². The Morgan fingerprint density at radius 2 is 2.04 bits per heavy atom. The fraction of sp³-hybridized carbons (Fsp3) is 0.389. The first-order chi connectivity index (χ1) is 11.2. The molecule has 2 heterocycles. The van der Waals surface area contributed by atoms with E-state index in [9.17, 15) is 4.79 Å². The summed E-state index contributed by atoms with van der Waals surface area (Å²) in [5, 5.41) is 7.45. The molecule has 1 aliphatic heterocycles. The van der Waals surface area contributed by atoms with E-state index in [1.807, 2.05) is 24.3 Å². The average molecular weight is 393 g/mol. The summed E-state index contributed by atoms with van der Waals surface area (Å²) < 4.78 is 0.850. The number of hydrogen-bond donors (Lipinski definition) is 1. The van der Waals surface area contributed by atoms with Crippen LogP contribution in [0.25, 0.3) is 0 Å². The second-order valence-electron chi connectivity index (χ2n) is 6.04. The third-order valence-electron chi connectivity index (χ3n) is 4.36. The second-order valence-corrected chi connectivity index (χ2v) is 7.68. The van der Waals surface area contributed by atoms with Gasteiger partial charge in [0.2, 0.25) is 0 Å². The Bertz CT molecular complexity index is 636. The molecule has 1 amide bonds. The van der Waals surface area contributed by atoms with E-state index in [-0.39, 0.29) is 5.91 Å². The molecule has 0 unspecified atom stereocenters. The molecule has 5 heteroatoms. The van der Waals surface area contributed by atoms with E-state index in [1.165, 1.54) is 5.56 Å². The van der Waals surface area contributed by atoms with Crippen molar-refractivity contribution in [3.8, 4) is 0 Å². The quantitative estimate of drug-likeness (QED) is 0.828. The summed E-state index contributed by atoms with van der Waals surface area (Å²) in [6.07, 6.45) is 2.31. The number of nitrogens with zero attached hydrogens (tertiary/aromatic N) is 1. The van der Waals surface area contributed by atoms with E-state index < -0.39 is 0 Å². The van der Waals surface area contributed by atoms with Gasteiger partial charge in [0, 0.05) is 17.6 Å². The largest absolute Gasteiger partial charge is 0.352 e. The summed E-state index contributed by atoms with van der Waals surface area (Å²) in [5.74, 6) is 0.596. The third kappa shape index (κ3) is 4.66. The highest BCUT2D eigenvalue weighted by Crippen LogP contribution is 2.20. The van der Waals surface area contributed by atoms with Crippen LogP contribution in [0.15, 0.2) is 45.6 Å². The Morgan fingerprint density at radius 1 is 1.26 bits per heavy atom. The summed E-state index contributed by atoms with van der Waals surface area (Å²) in [5.41, 5.74) is 2.12. The second kappa shape index (κ2) is 8.08.